The zero-order chi connectivity index (χ0) is 33.0. The number of aromatic nitrogens is 3. The fourth-order valence-electron chi connectivity index (χ4n) is 4.60. The number of halogens is 3. The van der Waals surface area contributed by atoms with E-state index in [9.17, 15) is 27.9 Å². The maximum absolute atomic E-state index is 13.0. The number of H-pyrrole nitrogens is 2. The molecule has 15 heteroatoms. The van der Waals surface area contributed by atoms with Gasteiger partial charge in [-0.15, -0.1) is 5.11 Å². The molecule has 0 bridgehead atoms. The number of nitrogens with one attached hydrogen (secondary N) is 5. The molecule has 0 radical (unpaired) electrons. The molecule has 0 spiro atoms. The second kappa shape index (κ2) is 12.9. The van der Waals surface area contributed by atoms with Gasteiger partial charge >= 0.3 is 6.18 Å². The molecule has 0 aliphatic carbocycles. The number of aromatic hydroxyl groups is 1. The molecule has 0 atom stereocenters. The second-order valence-corrected chi connectivity index (χ2v) is 10.1. The van der Waals surface area contributed by atoms with Gasteiger partial charge in [-0.3, -0.25) is 9.59 Å². The van der Waals surface area contributed by atoms with Crippen molar-refractivity contribution in [3.05, 3.63) is 93.7 Å². The van der Waals surface area contributed by atoms with Crippen molar-refractivity contribution in [2.24, 2.45) is 10.2 Å². The molecule has 0 unspecified atom stereocenters. The molecular formula is C31H28F3N9O3. The van der Waals surface area contributed by atoms with Crippen molar-refractivity contribution >= 4 is 58.4 Å². The van der Waals surface area contributed by atoms with Crippen molar-refractivity contribution in [3.63, 3.8) is 0 Å². The first-order valence-electron chi connectivity index (χ1n) is 13.8. The van der Waals surface area contributed by atoms with E-state index in [1.54, 1.807) is 43.3 Å². The Morgan fingerprint density at radius 1 is 1.09 bits per heavy atom. The highest BCUT2D eigenvalue weighted by Crippen LogP contribution is 2.38. The molecule has 0 saturated heterocycles. The Balaban J connectivity index is 1.17. The van der Waals surface area contributed by atoms with Crippen molar-refractivity contribution in [1.82, 2.24) is 20.3 Å². The molecule has 5 aromatic rings. The Morgan fingerprint density at radius 3 is 2.59 bits per heavy atom. The fraction of sp³-hybridized carbons (Fsp3) is 0.129. The van der Waals surface area contributed by atoms with E-state index in [-0.39, 0.29) is 34.9 Å². The fourth-order valence-corrected chi connectivity index (χ4v) is 4.60. The minimum atomic E-state index is -4.54. The summed E-state index contributed by atoms with van der Waals surface area (Å²) in [6.45, 7) is 6.23. The molecule has 5 rings (SSSR count). The van der Waals surface area contributed by atoms with Gasteiger partial charge in [-0.25, -0.2) is 4.98 Å². The van der Waals surface area contributed by atoms with E-state index in [2.05, 4.69) is 47.7 Å². The van der Waals surface area contributed by atoms with Crippen LogP contribution in [0.4, 0.5) is 36.1 Å². The van der Waals surface area contributed by atoms with Crippen LogP contribution >= 0.6 is 0 Å². The SMILES string of the molecule is C=c1c(C(=O)NCCNc2ccc(C(=O)Nc3ccccc3N)cn2)c(C)[nH]c1=CN=Nc1c(O)[nH]c2cc(C(F)(F)F)ccc12. The van der Waals surface area contributed by atoms with Crippen LogP contribution in [-0.2, 0) is 6.18 Å². The van der Waals surface area contributed by atoms with Crippen LogP contribution in [0.2, 0.25) is 0 Å². The first-order chi connectivity index (χ1) is 21.9. The Kier molecular flexibility index (Phi) is 8.75. The summed E-state index contributed by atoms with van der Waals surface area (Å²) in [5.41, 5.74) is 7.14. The Hall–Kier alpha value is -6.12. The van der Waals surface area contributed by atoms with Crippen LogP contribution in [0.3, 0.4) is 0 Å². The number of aryl methyl sites for hydroxylation is 1. The zero-order valence-corrected chi connectivity index (χ0v) is 24.3. The molecule has 3 aromatic heterocycles. The predicted octanol–water partition coefficient (Wildman–Crippen LogP) is 4.53. The van der Waals surface area contributed by atoms with Crippen LogP contribution in [0, 0.1) is 6.92 Å². The molecule has 0 fully saturated rings. The minimum absolute atomic E-state index is 0.0379. The highest BCUT2D eigenvalue weighted by Gasteiger charge is 2.31. The molecule has 2 aromatic carbocycles. The van der Waals surface area contributed by atoms with Gasteiger partial charge in [0.1, 0.15) is 5.82 Å². The summed E-state index contributed by atoms with van der Waals surface area (Å²) in [6.07, 6.45) is -1.82. The molecule has 236 valence electrons. The summed E-state index contributed by atoms with van der Waals surface area (Å²) in [7, 11) is 0. The Bertz CT molecular complexity index is 2070. The van der Waals surface area contributed by atoms with Gasteiger partial charge in [0, 0.05) is 35.6 Å². The van der Waals surface area contributed by atoms with Gasteiger partial charge in [0.25, 0.3) is 11.8 Å². The average Bonchev–Trinajstić information content (AvgIpc) is 3.49. The number of anilines is 3. The summed E-state index contributed by atoms with van der Waals surface area (Å²) < 4.78 is 39.0. The van der Waals surface area contributed by atoms with Gasteiger partial charge in [-0.05, 0) is 49.4 Å². The summed E-state index contributed by atoms with van der Waals surface area (Å²) >= 11 is 0. The molecular weight excluding hydrogens is 603 g/mol. The highest BCUT2D eigenvalue weighted by atomic mass is 19.4. The number of rotatable bonds is 9. The third kappa shape index (κ3) is 6.83. The monoisotopic (exact) mass is 631 g/mol. The first kappa shape index (κ1) is 31.3. The lowest BCUT2D eigenvalue weighted by molar-refractivity contribution is -0.137. The van der Waals surface area contributed by atoms with E-state index < -0.39 is 17.6 Å². The van der Waals surface area contributed by atoms with Gasteiger partial charge in [0.15, 0.2) is 5.69 Å². The molecule has 2 amide bonds. The average molecular weight is 632 g/mol. The summed E-state index contributed by atoms with van der Waals surface area (Å²) in [5.74, 6) is -0.674. The third-order valence-electron chi connectivity index (χ3n) is 6.93. The lowest BCUT2D eigenvalue weighted by Gasteiger charge is -2.09. The molecule has 0 saturated carbocycles. The molecule has 0 aliphatic rings. The van der Waals surface area contributed by atoms with Gasteiger partial charge in [-0.1, -0.05) is 18.7 Å². The number of hydrogen-bond donors (Lipinski definition) is 7. The summed E-state index contributed by atoms with van der Waals surface area (Å²) in [5, 5.41) is 27.6. The minimum Gasteiger partial charge on any atom is -0.493 e. The molecule has 3 heterocycles. The Morgan fingerprint density at radius 2 is 1.87 bits per heavy atom. The van der Waals surface area contributed by atoms with E-state index in [0.717, 1.165) is 12.1 Å². The number of alkyl halides is 3. The van der Waals surface area contributed by atoms with Crippen LogP contribution in [0.15, 0.2) is 71.0 Å². The number of azo groups is 1. The lowest BCUT2D eigenvalue weighted by atomic mass is 10.1. The highest BCUT2D eigenvalue weighted by molar-refractivity contribution is 6.05. The van der Waals surface area contributed by atoms with E-state index in [1.165, 1.54) is 18.5 Å². The third-order valence-corrected chi connectivity index (χ3v) is 6.93. The quantitative estimate of drug-likeness (QED) is 0.0712. The first-order valence-corrected chi connectivity index (χ1v) is 13.8. The number of hydrogen-bond acceptors (Lipinski definition) is 8. The van der Waals surface area contributed by atoms with Crippen molar-refractivity contribution in [1.29, 1.82) is 0 Å². The van der Waals surface area contributed by atoms with Crippen molar-refractivity contribution in [2.45, 2.75) is 13.1 Å². The van der Waals surface area contributed by atoms with Gasteiger partial charge in [0.05, 0.1) is 45.1 Å². The zero-order valence-electron chi connectivity index (χ0n) is 24.3. The van der Waals surface area contributed by atoms with E-state index in [1.807, 2.05) is 0 Å². The summed E-state index contributed by atoms with van der Waals surface area (Å²) in [6, 6.07) is 13.1. The normalized spacial score (nSPS) is 12.1. The van der Waals surface area contributed by atoms with Crippen LogP contribution < -0.4 is 32.3 Å². The van der Waals surface area contributed by atoms with E-state index >= 15 is 0 Å². The number of carbonyl (C=O) groups excluding carboxylic acids is 2. The molecule has 0 aliphatic heterocycles. The van der Waals surface area contributed by atoms with Gasteiger partial charge in [0.2, 0.25) is 5.88 Å². The second-order valence-electron chi connectivity index (χ2n) is 10.1. The number of pyridine rings is 1. The number of fused-ring (bicyclic) bond motifs is 1. The predicted molar refractivity (Wildman–Crippen MR) is 168 cm³/mol. The summed E-state index contributed by atoms with van der Waals surface area (Å²) in [4.78, 5) is 35.1. The van der Waals surface area contributed by atoms with Crippen molar-refractivity contribution in [2.75, 3.05) is 29.5 Å². The van der Waals surface area contributed by atoms with Crippen molar-refractivity contribution < 1.29 is 27.9 Å². The standard InChI is InChI=1S/C31H28F3N9O3/c1-16-24(15-39-43-27-20-9-8-19(31(32,33)34)13-23(20)42-30(27)46)40-17(2)26(16)29(45)37-12-11-36-25-10-7-18(14-38-25)28(44)41-22-6-4-3-5-21(22)35/h3-10,13-15,40,42,46H,1,11-12,35H2,2H3,(H,36,38)(H,37,45)(H,41,44). The number of aromatic amines is 2. The van der Waals surface area contributed by atoms with Crippen molar-refractivity contribution in [3.8, 4) is 5.88 Å². The number of nitrogens with two attached hydrogens (primary N) is 1. The van der Waals surface area contributed by atoms with E-state index in [0.29, 0.717) is 51.1 Å². The number of nitrogen functional groups attached to an aromatic ring is 1. The van der Waals surface area contributed by atoms with Gasteiger partial charge in [-0.2, -0.15) is 18.3 Å². The number of benzene rings is 2. The van der Waals surface area contributed by atoms with Crippen LogP contribution in [0.5, 0.6) is 5.88 Å². The van der Waals surface area contributed by atoms with Crippen LogP contribution in [0.25, 0.3) is 23.7 Å². The largest absolute Gasteiger partial charge is 0.493 e. The van der Waals surface area contributed by atoms with Crippen LogP contribution in [0.1, 0.15) is 32.0 Å². The van der Waals surface area contributed by atoms with Gasteiger partial charge < -0.3 is 36.8 Å². The Labute approximate surface area is 259 Å². The number of nitrogens with zero attached hydrogens (tertiary/aromatic N) is 3. The number of para-hydroxylation sites is 2. The number of amides is 2. The number of carbonyl (C=O) groups is 2. The molecule has 8 N–H and O–H groups in total. The lowest BCUT2D eigenvalue weighted by Crippen LogP contribution is -2.34. The molecule has 46 heavy (non-hydrogen) atoms. The van der Waals surface area contributed by atoms with E-state index in [4.69, 9.17) is 5.73 Å². The van der Waals surface area contributed by atoms with Crippen LogP contribution in [-0.4, -0.2) is 45.0 Å². The maximum Gasteiger partial charge on any atom is 0.416 e. The smallest absolute Gasteiger partial charge is 0.416 e. The molecule has 12 nitrogen and oxygen atoms in total. The maximum atomic E-state index is 13.0. The topological polar surface area (TPSA) is 186 Å².